The first-order valence-corrected chi connectivity index (χ1v) is 9.37. The maximum atomic E-state index is 12.8. The minimum Gasteiger partial charge on any atom is -0.338 e. The van der Waals surface area contributed by atoms with Gasteiger partial charge in [0, 0.05) is 19.6 Å². The van der Waals surface area contributed by atoms with Gasteiger partial charge in [0.05, 0.1) is 0 Å². The van der Waals surface area contributed by atoms with Crippen molar-refractivity contribution in [1.29, 1.82) is 0 Å². The Hall–Kier alpha value is -3.07. The van der Waals surface area contributed by atoms with Crippen molar-refractivity contribution in [3.8, 4) is 0 Å². The number of hydrogen-bond acceptors (Lipinski definition) is 1. The number of amides is 2. The topological polar surface area (TPSA) is 32.3 Å². The molecule has 0 bridgehead atoms. The maximum Gasteiger partial charge on any atom is 0.318 e. The van der Waals surface area contributed by atoms with E-state index < -0.39 is 0 Å². The number of nitrogens with one attached hydrogen (secondary N) is 1. The van der Waals surface area contributed by atoms with E-state index in [4.69, 9.17) is 0 Å². The molecule has 27 heavy (non-hydrogen) atoms. The van der Waals surface area contributed by atoms with E-state index >= 15 is 0 Å². The van der Waals surface area contributed by atoms with Crippen molar-refractivity contribution in [3.63, 3.8) is 0 Å². The molecule has 0 aliphatic heterocycles. The summed E-state index contributed by atoms with van der Waals surface area (Å²) < 4.78 is 0. The highest BCUT2D eigenvalue weighted by molar-refractivity contribution is 5.74. The Morgan fingerprint density at radius 3 is 1.78 bits per heavy atom. The smallest absolute Gasteiger partial charge is 0.318 e. The van der Waals surface area contributed by atoms with Crippen molar-refractivity contribution in [2.24, 2.45) is 0 Å². The molecule has 2 amide bonds. The van der Waals surface area contributed by atoms with Crippen LogP contribution in [-0.2, 0) is 19.5 Å². The lowest BCUT2D eigenvalue weighted by Gasteiger charge is -2.23. The van der Waals surface area contributed by atoms with Crippen molar-refractivity contribution < 1.29 is 4.79 Å². The number of aryl methyl sites for hydroxylation is 1. The molecule has 0 fully saturated rings. The summed E-state index contributed by atoms with van der Waals surface area (Å²) in [6.07, 6.45) is 0.830. The molecule has 3 aromatic carbocycles. The molecule has 3 heteroatoms. The van der Waals surface area contributed by atoms with E-state index in [0.29, 0.717) is 19.6 Å². The summed E-state index contributed by atoms with van der Waals surface area (Å²) in [5, 5.41) is 3.07. The molecule has 3 nitrogen and oxygen atoms in total. The lowest BCUT2D eigenvalue weighted by molar-refractivity contribution is 0.192. The maximum absolute atomic E-state index is 12.8. The molecule has 0 saturated heterocycles. The van der Waals surface area contributed by atoms with E-state index in [9.17, 15) is 4.79 Å². The molecule has 0 aliphatic carbocycles. The lowest BCUT2D eigenvalue weighted by atomic mass is 10.1. The number of carbonyl (C=O) groups excluding carboxylic acids is 1. The van der Waals surface area contributed by atoms with Crippen molar-refractivity contribution in [2.45, 2.75) is 26.4 Å². The fourth-order valence-electron chi connectivity index (χ4n) is 2.99. The Bertz CT molecular complexity index is 788. The molecule has 138 valence electrons. The Morgan fingerprint density at radius 1 is 0.741 bits per heavy atom. The average molecular weight is 358 g/mol. The first-order valence-electron chi connectivity index (χ1n) is 9.37. The number of rotatable bonds is 7. The third-order valence-electron chi connectivity index (χ3n) is 4.53. The van der Waals surface area contributed by atoms with Gasteiger partial charge in [-0.2, -0.15) is 0 Å². The van der Waals surface area contributed by atoms with E-state index in [-0.39, 0.29) is 6.03 Å². The number of nitrogens with zero attached hydrogens (tertiary/aromatic N) is 1. The zero-order chi connectivity index (χ0) is 18.9. The third-order valence-corrected chi connectivity index (χ3v) is 4.53. The van der Waals surface area contributed by atoms with Crippen LogP contribution in [0, 0.1) is 6.92 Å². The van der Waals surface area contributed by atoms with E-state index in [2.05, 4.69) is 60.8 Å². The number of carbonyl (C=O) groups is 1. The van der Waals surface area contributed by atoms with E-state index in [1.54, 1.807) is 0 Å². The van der Waals surface area contributed by atoms with Crippen LogP contribution in [-0.4, -0.2) is 17.5 Å². The van der Waals surface area contributed by atoms with Crippen molar-refractivity contribution in [1.82, 2.24) is 10.2 Å². The molecule has 0 atom stereocenters. The minimum atomic E-state index is -0.0326. The van der Waals surface area contributed by atoms with Crippen molar-refractivity contribution in [2.75, 3.05) is 6.54 Å². The van der Waals surface area contributed by atoms with Gasteiger partial charge in [-0.3, -0.25) is 0 Å². The fourth-order valence-corrected chi connectivity index (χ4v) is 2.99. The van der Waals surface area contributed by atoms with E-state index in [1.165, 1.54) is 11.1 Å². The average Bonchev–Trinajstić information content (AvgIpc) is 2.70. The highest BCUT2D eigenvalue weighted by Gasteiger charge is 2.14. The van der Waals surface area contributed by atoms with Crippen LogP contribution in [0.15, 0.2) is 84.9 Å². The second kappa shape index (κ2) is 9.58. The summed E-state index contributed by atoms with van der Waals surface area (Å²) in [4.78, 5) is 14.7. The van der Waals surface area contributed by atoms with Gasteiger partial charge in [-0.1, -0.05) is 90.5 Å². The molecule has 0 spiro atoms. The zero-order valence-corrected chi connectivity index (χ0v) is 15.8. The number of urea groups is 1. The zero-order valence-electron chi connectivity index (χ0n) is 15.8. The summed E-state index contributed by atoms with van der Waals surface area (Å²) in [7, 11) is 0. The van der Waals surface area contributed by atoms with Crippen LogP contribution >= 0.6 is 0 Å². The molecule has 0 radical (unpaired) electrons. The quantitative estimate of drug-likeness (QED) is 0.637. The van der Waals surface area contributed by atoms with Gasteiger partial charge in [-0.25, -0.2) is 4.79 Å². The standard InChI is InChI=1S/C24H26N2O/c1-20-12-14-21(15-13-20)16-17-25-24(27)26(18-22-8-4-2-5-9-22)19-23-10-6-3-7-11-23/h2-15H,16-19H2,1H3,(H,25,27). The SMILES string of the molecule is Cc1ccc(CCNC(=O)N(Cc2ccccc2)Cc2ccccc2)cc1. The first kappa shape index (κ1) is 18.7. The monoisotopic (exact) mass is 358 g/mol. The second-order valence-electron chi connectivity index (χ2n) is 6.79. The van der Waals surface area contributed by atoms with Crippen molar-refractivity contribution in [3.05, 3.63) is 107 Å². The second-order valence-corrected chi connectivity index (χ2v) is 6.79. The summed E-state index contributed by atoms with van der Waals surface area (Å²) in [6, 6.07) is 28.6. The largest absolute Gasteiger partial charge is 0.338 e. The predicted molar refractivity (Wildman–Crippen MR) is 110 cm³/mol. The molecular formula is C24H26N2O. The van der Waals surface area contributed by atoms with E-state index in [0.717, 1.165) is 17.5 Å². The minimum absolute atomic E-state index is 0.0326. The van der Waals surface area contributed by atoms with E-state index in [1.807, 2.05) is 41.3 Å². The van der Waals surface area contributed by atoms with Gasteiger partial charge in [-0.05, 0) is 30.0 Å². The summed E-state index contributed by atoms with van der Waals surface area (Å²) in [6.45, 7) is 3.89. The molecule has 0 aromatic heterocycles. The third kappa shape index (κ3) is 6.00. The molecule has 0 aliphatic rings. The molecular weight excluding hydrogens is 332 g/mol. The normalized spacial score (nSPS) is 10.4. The fraction of sp³-hybridized carbons (Fsp3) is 0.208. The van der Waals surface area contributed by atoms with Crippen LogP contribution in [0.1, 0.15) is 22.3 Å². The van der Waals surface area contributed by atoms with Gasteiger partial charge in [-0.15, -0.1) is 0 Å². The Kier molecular flexibility index (Phi) is 6.64. The molecule has 3 rings (SSSR count). The van der Waals surface area contributed by atoms with Crippen LogP contribution in [0.2, 0.25) is 0 Å². The van der Waals surface area contributed by atoms with Crippen LogP contribution in [0.3, 0.4) is 0 Å². The van der Waals surface area contributed by atoms with Crippen LogP contribution in [0.4, 0.5) is 4.79 Å². The summed E-state index contributed by atoms with van der Waals surface area (Å²) in [5.41, 5.74) is 4.74. The highest BCUT2D eigenvalue weighted by Crippen LogP contribution is 2.10. The van der Waals surface area contributed by atoms with Gasteiger partial charge in [0.2, 0.25) is 0 Å². The predicted octanol–water partition coefficient (Wildman–Crippen LogP) is 4.95. The number of benzene rings is 3. The number of hydrogen-bond donors (Lipinski definition) is 1. The van der Waals surface area contributed by atoms with Gasteiger partial charge < -0.3 is 10.2 Å². The Balaban J connectivity index is 1.61. The highest BCUT2D eigenvalue weighted by atomic mass is 16.2. The lowest BCUT2D eigenvalue weighted by Crippen LogP contribution is -2.40. The Morgan fingerprint density at radius 2 is 1.26 bits per heavy atom. The molecule has 0 heterocycles. The van der Waals surface area contributed by atoms with Crippen LogP contribution in [0.5, 0.6) is 0 Å². The van der Waals surface area contributed by atoms with Crippen molar-refractivity contribution >= 4 is 6.03 Å². The van der Waals surface area contributed by atoms with Gasteiger partial charge in [0.15, 0.2) is 0 Å². The van der Waals surface area contributed by atoms with Gasteiger partial charge in [0.1, 0.15) is 0 Å². The van der Waals surface area contributed by atoms with Gasteiger partial charge >= 0.3 is 6.03 Å². The van der Waals surface area contributed by atoms with Gasteiger partial charge in [0.25, 0.3) is 0 Å². The molecule has 0 unspecified atom stereocenters. The molecule has 3 aromatic rings. The molecule has 0 saturated carbocycles. The van der Waals surface area contributed by atoms with Crippen LogP contribution < -0.4 is 5.32 Å². The summed E-state index contributed by atoms with van der Waals surface area (Å²) in [5.74, 6) is 0. The molecule has 1 N–H and O–H groups in total. The summed E-state index contributed by atoms with van der Waals surface area (Å²) >= 11 is 0. The van der Waals surface area contributed by atoms with Crippen LogP contribution in [0.25, 0.3) is 0 Å². The Labute approximate surface area is 161 Å². The first-order chi connectivity index (χ1) is 13.2.